The van der Waals surface area contributed by atoms with Crippen LogP contribution >= 0.6 is 0 Å². The number of carbonyl (C=O) groups is 2. The molecule has 0 aliphatic carbocycles. The van der Waals surface area contributed by atoms with Gasteiger partial charge >= 0.3 is 6.03 Å². The third kappa shape index (κ3) is 11.0. The van der Waals surface area contributed by atoms with Gasteiger partial charge in [0.1, 0.15) is 0 Å². The molecule has 6 heteroatoms. The lowest BCUT2D eigenvalue weighted by Crippen LogP contribution is -2.43. The topological polar surface area (TPSA) is 64.7 Å². The van der Waals surface area contributed by atoms with Crippen molar-refractivity contribution >= 4 is 11.9 Å². The van der Waals surface area contributed by atoms with Crippen LogP contribution < -0.4 is 10.6 Å². The molecular formula is C17H36N4O2. The van der Waals surface area contributed by atoms with Crippen molar-refractivity contribution in [3.63, 3.8) is 0 Å². The van der Waals surface area contributed by atoms with Crippen LogP contribution in [-0.4, -0.2) is 69.1 Å². The molecule has 23 heavy (non-hydrogen) atoms. The first kappa shape index (κ1) is 21.7. The first-order valence-corrected chi connectivity index (χ1v) is 8.24. The number of hydrogen-bond donors (Lipinski definition) is 2. The summed E-state index contributed by atoms with van der Waals surface area (Å²) in [6.07, 6.45) is 0.871. The van der Waals surface area contributed by atoms with E-state index < -0.39 is 0 Å². The monoisotopic (exact) mass is 328 g/mol. The number of nitrogens with one attached hydrogen (secondary N) is 2. The van der Waals surface area contributed by atoms with Gasteiger partial charge in [-0.05, 0) is 17.3 Å². The Bertz CT molecular complexity index is 387. The molecule has 0 aliphatic rings. The van der Waals surface area contributed by atoms with Gasteiger partial charge in [0.2, 0.25) is 5.91 Å². The zero-order valence-electron chi connectivity index (χ0n) is 16.2. The Hall–Kier alpha value is -1.30. The fourth-order valence-corrected chi connectivity index (χ4v) is 1.80. The predicted octanol–water partition coefficient (Wildman–Crippen LogP) is 1.77. The van der Waals surface area contributed by atoms with E-state index in [1.54, 1.807) is 23.9 Å². The number of likely N-dealkylation sites (N-methyl/N-ethyl adjacent to an activating group) is 1. The minimum absolute atomic E-state index is 0.0190. The van der Waals surface area contributed by atoms with Crippen LogP contribution in [-0.2, 0) is 4.79 Å². The minimum atomic E-state index is -0.0357. The van der Waals surface area contributed by atoms with Gasteiger partial charge in [0.15, 0.2) is 0 Å². The van der Waals surface area contributed by atoms with Crippen LogP contribution in [0.1, 0.15) is 41.0 Å². The summed E-state index contributed by atoms with van der Waals surface area (Å²) in [6.45, 7) is 13.0. The van der Waals surface area contributed by atoms with Crippen LogP contribution in [0.25, 0.3) is 0 Å². The molecule has 2 N–H and O–H groups in total. The number of rotatable bonds is 8. The second kappa shape index (κ2) is 9.11. The molecule has 0 saturated carbocycles. The molecule has 0 saturated heterocycles. The molecule has 0 heterocycles. The molecule has 136 valence electrons. The third-order valence-electron chi connectivity index (χ3n) is 3.62. The smallest absolute Gasteiger partial charge is 0.317 e. The molecule has 0 aromatic carbocycles. The molecule has 0 bridgehead atoms. The van der Waals surface area contributed by atoms with Gasteiger partial charge in [0, 0.05) is 40.8 Å². The zero-order valence-corrected chi connectivity index (χ0v) is 16.2. The number of nitrogens with zero attached hydrogens (tertiary/aromatic N) is 2. The highest BCUT2D eigenvalue weighted by atomic mass is 16.2. The van der Waals surface area contributed by atoms with Crippen molar-refractivity contribution in [1.29, 1.82) is 0 Å². The lowest BCUT2D eigenvalue weighted by atomic mass is 9.89. The molecular weight excluding hydrogens is 292 g/mol. The molecule has 0 rings (SSSR count). The Morgan fingerprint density at radius 1 is 0.957 bits per heavy atom. The molecule has 3 amide bonds. The van der Waals surface area contributed by atoms with Crippen LogP contribution in [0.4, 0.5) is 4.79 Å². The second-order valence-corrected chi connectivity index (χ2v) is 8.45. The Balaban J connectivity index is 4.11. The average Bonchev–Trinajstić information content (AvgIpc) is 2.40. The minimum Gasteiger partial charge on any atom is -0.348 e. The van der Waals surface area contributed by atoms with Gasteiger partial charge in [-0.3, -0.25) is 4.79 Å². The summed E-state index contributed by atoms with van der Waals surface area (Å²) in [5, 5.41) is 6.14. The number of hydrogen-bond acceptors (Lipinski definition) is 3. The van der Waals surface area contributed by atoms with E-state index in [1.807, 2.05) is 7.05 Å². The zero-order chi connectivity index (χ0) is 18.3. The SMILES string of the molecule is CN(C)C(=O)CNCC(C)(C)CCN(C)C(=O)NCC(C)(C)C. The largest absolute Gasteiger partial charge is 0.348 e. The first-order chi connectivity index (χ1) is 10.3. The van der Waals surface area contributed by atoms with E-state index in [2.05, 4.69) is 45.3 Å². The Kier molecular flexibility index (Phi) is 8.59. The normalized spacial score (nSPS) is 12.0. The number of amides is 3. The molecule has 0 aromatic rings. The molecule has 0 fully saturated rings. The van der Waals surface area contributed by atoms with E-state index in [4.69, 9.17) is 0 Å². The maximum atomic E-state index is 12.0. The van der Waals surface area contributed by atoms with Crippen molar-refractivity contribution in [3.05, 3.63) is 0 Å². The van der Waals surface area contributed by atoms with Crippen LogP contribution in [0.3, 0.4) is 0 Å². The van der Waals surface area contributed by atoms with Gasteiger partial charge in [-0.15, -0.1) is 0 Å². The van der Waals surface area contributed by atoms with Gasteiger partial charge in [0.25, 0.3) is 0 Å². The quantitative estimate of drug-likeness (QED) is 0.714. The molecule has 0 aliphatic heterocycles. The van der Waals surface area contributed by atoms with Crippen molar-refractivity contribution in [2.75, 3.05) is 47.3 Å². The summed E-state index contributed by atoms with van der Waals surface area (Å²) in [5.41, 5.74) is 0.101. The van der Waals surface area contributed by atoms with Crippen LogP contribution in [0.5, 0.6) is 0 Å². The molecule has 0 spiro atoms. The van der Waals surface area contributed by atoms with Crippen molar-refractivity contribution in [3.8, 4) is 0 Å². The van der Waals surface area contributed by atoms with Crippen molar-refractivity contribution in [2.45, 2.75) is 41.0 Å². The van der Waals surface area contributed by atoms with Gasteiger partial charge in [-0.1, -0.05) is 34.6 Å². The highest BCUT2D eigenvalue weighted by Gasteiger charge is 2.21. The second-order valence-electron chi connectivity index (χ2n) is 8.45. The molecule has 0 unspecified atom stereocenters. The summed E-state index contributed by atoms with van der Waals surface area (Å²) < 4.78 is 0. The van der Waals surface area contributed by atoms with Crippen LogP contribution in [0.2, 0.25) is 0 Å². The van der Waals surface area contributed by atoms with E-state index in [0.717, 1.165) is 13.0 Å². The molecule has 6 nitrogen and oxygen atoms in total. The van der Waals surface area contributed by atoms with E-state index in [1.165, 1.54) is 0 Å². The molecule has 0 aromatic heterocycles. The number of urea groups is 1. The summed E-state index contributed by atoms with van der Waals surface area (Å²) in [4.78, 5) is 26.9. The van der Waals surface area contributed by atoms with Crippen LogP contribution in [0, 0.1) is 10.8 Å². The summed E-state index contributed by atoms with van der Waals surface area (Å²) >= 11 is 0. The fraction of sp³-hybridized carbons (Fsp3) is 0.882. The molecule has 0 radical (unpaired) electrons. The van der Waals surface area contributed by atoms with Crippen molar-refractivity contribution in [2.24, 2.45) is 10.8 Å². The highest BCUT2D eigenvalue weighted by molar-refractivity contribution is 5.77. The first-order valence-electron chi connectivity index (χ1n) is 8.24. The maximum Gasteiger partial charge on any atom is 0.317 e. The fourth-order valence-electron chi connectivity index (χ4n) is 1.80. The van der Waals surface area contributed by atoms with E-state index in [0.29, 0.717) is 19.6 Å². The van der Waals surface area contributed by atoms with Gasteiger partial charge < -0.3 is 20.4 Å². The third-order valence-corrected chi connectivity index (χ3v) is 3.62. The van der Waals surface area contributed by atoms with E-state index in [-0.39, 0.29) is 22.8 Å². The van der Waals surface area contributed by atoms with E-state index in [9.17, 15) is 9.59 Å². The van der Waals surface area contributed by atoms with Gasteiger partial charge in [0.05, 0.1) is 6.54 Å². The van der Waals surface area contributed by atoms with Crippen molar-refractivity contribution in [1.82, 2.24) is 20.4 Å². The van der Waals surface area contributed by atoms with E-state index >= 15 is 0 Å². The maximum absolute atomic E-state index is 12.0. The Morgan fingerprint density at radius 3 is 2.00 bits per heavy atom. The lowest BCUT2D eigenvalue weighted by molar-refractivity contribution is -0.127. The Morgan fingerprint density at radius 2 is 1.52 bits per heavy atom. The number of carbonyl (C=O) groups excluding carboxylic acids is 2. The predicted molar refractivity (Wildman–Crippen MR) is 95.4 cm³/mol. The van der Waals surface area contributed by atoms with Gasteiger partial charge in [-0.2, -0.15) is 0 Å². The summed E-state index contributed by atoms with van der Waals surface area (Å²) in [7, 11) is 5.32. The van der Waals surface area contributed by atoms with Crippen LogP contribution in [0.15, 0.2) is 0 Å². The Labute approximate surface area is 142 Å². The highest BCUT2D eigenvalue weighted by Crippen LogP contribution is 2.19. The standard InChI is InChI=1S/C17H36N4O2/c1-16(2,3)12-19-15(23)21(8)10-9-17(4,5)13-18-11-14(22)20(6)7/h18H,9-13H2,1-8H3,(H,19,23). The summed E-state index contributed by atoms with van der Waals surface area (Å²) in [5.74, 6) is 0.0690. The molecule has 0 atom stereocenters. The van der Waals surface area contributed by atoms with Gasteiger partial charge in [-0.25, -0.2) is 4.79 Å². The average molecular weight is 329 g/mol. The van der Waals surface area contributed by atoms with Crippen molar-refractivity contribution < 1.29 is 9.59 Å². The lowest BCUT2D eigenvalue weighted by Gasteiger charge is -2.29. The summed E-state index contributed by atoms with van der Waals surface area (Å²) in [6, 6.07) is -0.0357.